The summed E-state index contributed by atoms with van der Waals surface area (Å²) >= 11 is 0. The fourth-order valence-electron chi connectivity index (χ4n) is 3.83. The van der Waals surface area contributed by atoms with E-state index >= 15 is 0 Å². The van der Waals surface area contributed by atoms with Crippen molar-refractivity contribution in [1.29, 1.82) is 0 Å². The van der Waals surface area contributed by atoms with Crippen molar-refractivity contribution < 1.29 is 18.7 Å². The van der Waals surface area contributed by atoms with E-state index in [1.807, 2.05) is 42.5 Å². The van der Waals surface area contributed by atoms with Crippen LogP contribution in [-0.2, 0) is 13.0 Å². The molecule has 0 bridgehead atoms. The van der Waals surface area contributed by atoms with Gasteiger partial charge >= 0.3 is 6.03 Å². The summed E-state index contributed by atoms with van der Waals surface area (Å²) in [7, 11) is 3.07. The van der Waals surface area contributed by atoms with Gasteiger partial charge in [-0.15, -0.1) is 0 Å². The van der Waals surface area contributed by atoms with Crippen LogP contribution >= 0.6 is 0 Å². The molecule has 3 aromatic rings. The summed E-state index contributed by atoms with van der Waals surface area (Å²) in [6.07, 6.45) is 0.692. The second-order valence-electron chi connectivity index (χ2n) is 7.17. The Labute approximate surface area is 175 Å². The first-order chi connectivity index (χ1) is 14.6. The summed E-state index contributed by atoms with van der Waals surface area (Å²) < 4.78 is 24.1. The van der Waals surface area contributed by atoms with Crippen molar-refractivity contribution in [1.82, 2.24) is 4.90 Å². The number of methoxy groups -OCH3 is 2. The number of ether oxygens (including phenoxy) is 2. The Balaban J connectivity index is 1.68. The Morgan fingerprint density at radius 2 is 1.80 bits per heavy atom. The lowest BCUT2D eigenvalue weighted by molar-refractivity contribution is 0.176. The van der Waals surface area contributed by atoms with E-state index < -0.39 is 5.82 Å². The van der Waals surface area contributed by atoms with E-state index in [0.29, 0.717) is 18.7 Å². The van der Waals surface area contributed by atoms with Crippen LogP contribution in [0.1, 0.15) is 22.7 Å². The van der Waals surface area contributed by atoms with E-state index in [4.69, 9.17) is 9.47 Å². The predicted molar refractivity (Wildman–Crippen MR) is 113 cm³/mol. The number of rotatable bonds is 4. The fourth-order valence-corrected chi connectivity index (χ4v) is 3.83. The Kier molecular flexibility index (Phi) is 5.57. The number of carbonyl (C=O) groups excluding carboxylic acids is 1. The summed E-state index contributed by atoms with van der Waals surface area (Å²) in [5.41, 5.74) is 3.71. The third-order valence-corrected chi connectivity index (χ3v) is 5.39. The largest absolute Gasteiger partial charge is 0.497 e. The molecule has 0 saturated carbocycles. The number of anilines is 1. The molecule has 2 amide bonds. The molecule has 154 valence electrons. The molecule has 0 spiro atoms. The van der Waals surface area contributed by atoms with Crippen LogP contribution in [0.4, 0.5) is 14.9 Å². The first-order valence-corrected chi connectivity index (χ1v) is 9.71. The Morgan fingerprint density at radius 1 is 1.00 bits per heavy atom. The van der Waals surface area contributed by atoms with Crippen LogP contribution < -0.4 is 14.8 Å². The molecular weight excluding hydrogens is 383 g/mol. The van der Waals surface area contributed by atoms with E-state index in [1.165, 1.54) is 30.9 Å². The number of hydrogen-bond donors (Lipinski definition) is 1. The van der Waals surface area contributed by atoms with Gasteiger partial charge in [0.05, 0.1) is 25.9 Å². The molecule has 30 heavy (non-hydrogen) atoms. The maximum atomic E-state index is 13.5. The molecule has 1 aliphatic rings. The van der Waals surface area contributed by atoms with Gasteiger partial charge < -0.3 is 19.7 Å². The van der Waals surface area contributed by atoms with Gasteiger partial charge in [-0.05, 0) is 47.4 Å². The van der Waals surface area contributed by atoms with E-state index in [0.717, 1.165) is 16.9 Å². The lowest BCUT2D eigenvalue weighted by atomic mass is 9.90. The second-order valence-corrected chi connectivity index (χ2v) is 7.17. The number of nitrogens with one attached hydrogen (secondary N) is 1. The number of halogens is 1. The molecule has 0 unspecified atom stereocenters. The van der Waals surface area contributed by atoms with Gasteiger partial charge in [0.15, 0.2) is 0 Å². The van der Waals surface area contributed by atoms with E-state index in [9.17, 15) is 9.18 Å². The molecule has 0 saturated heterocycles. The van der Waals surface area contributed by atoms with E-state index in [-0.39, 0.29) is 17.8 Å². The van der Waals surface area contributed by atoms with Crippen LogP contribution in [0, 0.1) is 5.82 Å². The molecule has 4 rings (SSSR count). The molecule has 1 aliphatic heterocycles. The third-order valence-electron chi connectivity index (χ3n) is 5.39. The van der Waals surface area contributed by atoms with Crippen LogP contribution in [0.2, 0.25) is 0 Å². The average Bonchev–Trinajstić information content (AvgIpc) is 2.79. The highest BCUT2D eigenvalue weighted by Crippen LogP contribution is 2.36. The molecule has 1 atom stereocenters. The molecule has 6 heteroatoms. The first-order valence-electron chi connectivity index (χ1n) is 9.71. The van der Waals surface area contributed by atoms with Crippen LogP contribution in [0.25, 0.3) is 0 Å². The summed E-state index contributed by atoms with van der Waals surface area (Å²) in [4.78, 5) is 15.1. The van der Waals surface area contributed by atoms with Crippen LogP contribution in [0.15, 0.2) is 66.7 Å². The molecular formula is C24H23FN2O3. The number of urea groups is 1. The number of nitrogens with zero attached hydrogens (tertiary/aromatic N) is 1. The van der Waals surface area contributed by atoms with Gasteiger partial charge in [0.25, 0.3) is 0 Å². The number of amides is 2. The zero-order chi connectivity index (χ0) is 21.1. The highest BCUT2D eigenvalue weighted by atomic mass is 19.1. The van der Waals surface area contributed by atoms with Crippen molar-refractivity contribution in [2.45, 2.75) is 19.0 Å². The minimum atomic E-state index is -0.425. The minimum absolute atomic E-state index is 0.126. The number of carbonyl (C=O) groups is 1. The summed E-state index contributed by atoms with van der Waals surface area (Å²) in [6.45, 7) is 0.432. The smallest absolute Gasteiger partial charge is 0.322 e. The molecule has 5 nitrogen and oxygen atoms in total. The highest BCUT2D eigenvalue weighted by molar-refractivity contribution is 5.91. The van der Waals surface area contributed by atoms with Crippen molar-refractivity contribution in [3.63, 3.8) is 0 Å². The van der Waals surface area contributed by atoms with Gasteiger partial charge in [0, 0.05) is 12.6 Å². The van der Waals surface area contributed by atoms with Gasteiger partial charge in [-0.2, -0.15) is 0 Å². The van der Waals surface area contributed by atoms with Gasteiger partial charge in [-0.3, -0.25) is 0 Å². The molecule has 1 N–H and O–H groups in total. The molecule has 0 fully saturated rings. The van der Waals surface area contributed by atoms with Crippen LogP contribution in [-0.4, -0.2) is 25.2 Å². The molecule has 3 aromatic carbocycles. The number of benzene rings is 3. The molecule has 0 aromatic heterocycles. The summed E-state index contributed by atoms with van der Waals surface area (Å²) in [6, 6.07) is 19.6. The third kappa shape index (κ3) is 3.94. The van der Waals surface area contributed by atoms with E-state index in [1.54, 1.807) is 12.0 Å². The molecule has 1 heterocycles. The topological polar surface area (TPSA) is 50.8 Å². The Hall–Kier alpha value is -3.54. The quantitative estimate of drug-likeness (QED) is 0.650. The maximum Gasteiger partial charge on any atom is 0.322 e. The monoisotopic (exact) mass is 406 g/mol. The Morgan fingerprint density at radius 3 is 2.53 bits per heavy atom. The Bertz CT molecular complexity index is 1060. The van der Waals surface area contributed by atoms with Crippen molar-refractivity contribution in [2.24, 2.45) is 0 Å². The van der Waals surface area contributed by atoms with Crippen molar-refractivity contribution in [3.05, 3.63) is 89.2 Å². The minimum Gasteiger partial charge on any atom is -0.497 e. The number of hydrogen-bond acceptors (Lipinski definition) is 3. The van der Waals surface area contributed by atoms with Crippen LogP contribution in [0.3, 0.4) is 0 Å². The summed E-state index contributed by atoms with van der Waals surface area (Å²) in [5, 5.41) is 2.88. The SMILES string of the molecule is COc1ccc2c(c1)CN(C(=O)Nc1ccc(F)cc1OC)[C@@H](c1ccccc1)C2. The summed E-state index contributed by atoms with van der Waals surface area (Å²) in [5.74, 6) is 0.608. The average molecular weight is 406 g/mol. The van der Waals surface area contributed by atoms with Crippen molar-refractivity contribution in [2.75, 3.05) is 19.5 Å². The zero-order valence-corrected chi connectivity index (χ0v) is 16.9. The lowest BCUT2D eigenvalue weighted by Gasteiger charge is -2.37. The fraction of sp³-hybridized carbons (Fsp3) is 0.208. The highest BCUT2D eigenvalue weighted by Gasteiger charge is 2.31. The second kappa shape index (κ2) is 8.45. The lowest BCUT2D eigenvalue weighted by Crippen LogP contribution is -2.41. The van der Waals surface area contributed by atoms with Crippen molar-refractivity contribution >= 4 is 11.7 Å². The predicted octanol–water partition coefficient (Wildman–Crippen LogP) is 5.17. The number of fused-ring (bicyclic) bond motifs is 1. The molecule has 0 aliphatic carbocycles. The van der Waals surface area contributed by atoms with E-state index in [2.05, 4.69) is 11.4 Å². The normalized spacial score (nSPS) is 15.3. The molecule has 0 radical (unpaired) electrons. The van der Waals surface area contributed by atoms with Crippen molar-refractivity contribution in [3.8, 4) is 11.5 Å². The van der Waals surface area contributed by atoms with Gasteiger partial charge in [-0.25, -0.2) is 9.18 Å². The van der Waals surface area contributed by atoms with Crippen LogP contribution in [0.5, 0.6) is 11.5 Å². The zero-order valence-electron chi connectivity index (χ0n) is 16.9. The maximum absolute atomic E-state index is 13.5. The van der Waals surface area contributed by atoms with Gasteiger partial charge in [-0.1, -0.05) is 36.4 Å². The van der Waals surface area contributed by atoms with Gasteiger partial charge in [0.1, 0.15) is 17.3 Å². The van der Waals surface area contributed by atoms with Gasteiger partial charge in [0.2, 0.25) is 0 Å². The first kappa shape index (κ1) is 19.8. The standard InChI is InChI=1S/C24H23FN2O3/c1-29-20-10-8-17-13-22(16-6-4-3-5-7-16)27(15-18(17)12-20)24(28)26-21-11-9-19(25)14-23(21)30-2/h3-12,14,22H,13,15H2,1-2H3,(H,26,28)/t22-/m1/s1.